The van der Waals surface area contributed by atoms with Crippen molar-refractivity contribution in [3.8, 4) is 11.5 Å². The molecule has 1 aliphatic carbocycles. The number of amides is 1. The van der Waals surface area contributed by atoms with Crippen LogP contribution in [-0.2, 0) is 20.7 Å². The first-order valence-corrected chi connectivity index (χ1v) is 10.8. The van der Waals surface area contributed by atoms with Gasteiger partial charge in [-0.2, -0.15) is 0 Å². The van der Waals surface area contributed by atoms with Crippen LogP contribution in [0.15, 0.2) is 18.2 Å². The summed E-state index contributed by atoms with van der Waals surface area (Å²) < 4.78 is 16.7. The lowest BCUT2D eigenvalue weighted by Crippen LogP contribution is -2.55. The molecule has 30 heavy (non-hydrogen) atoms. The van der Waals surface area contributed by atoms with Crippen molar-refractivity contribution in [1.82, 2.24) is 5.32 Å². The highest BCUT2D eigenvalue weighted by atomic mass is 16.5. The number of esters is 1. The van der Waals surface area contributed by atoms with Crippen LogP contribution in [0, 0.1) is 17.8 Å². The van der Waals surface area contributed by atoms with Gasteiger partial charge in [-0.15, -0.1) is 0 Å². The summed E-state index contributed by atoms with van der Waals surface area (Å²) in [6.07, 6.45) is 3.25. The van der Waals surface area contributed by atoms with Crippen molar-refractivity contribution in [3.05, 3.63) is 23.8 Å². The molecular formula is C24H37NO5. The van der Waals surface area contributed by atoms with E-state index in [0.29, 0.717) is 35.7 Å². The molecule has 4 atom stereocenters. The third kappa shape index (κ3) is 5.89. The average molecular weight is 420 g/mol. The minimum absolute atomic E-state index is 0.125. The number of rotatable bonds is 8. The van der Waals surface area contributed by atoms with Crippen LogP contribution in [0.3, 0.4) is 0 Å². The van der Waals surface area contributed by atoms with E-state index in [1.165, 1.54) is 6.92 Å². The molecule has 1 N–H and O–H groups in total. The van der Waals surface area contributed by atoms with E-state index in [4.69, 9.17) is 14.2 Å². The molecule has 0 aliphatic heterocycles. The molecule has 168 valence electrons. The summed E-state index contributed by atoms with van der Waals surface area (Å²) in [6.45, 7) is 9.70. The molecule has 0 saturated heterocycles. The van der Waals surface area contributed by atoms with Crippen molar-refractivity contribution >= 4 is 11.9 Å². The molecule has 2 rings (SSSR count). The van der Waals surface area contributed by atoms with E-state index in [1.807, 2.05) is 12.1 Å². The molecule has 1 aliphatic rings. The first-order valence-electron chi connectivity index (χ1n) is 10.8. The van der Waals surface area contributed by atoms with Gasteiger partial charge in [0, 0.05) is 13.3 Å². The van der Waals surface area contributed by atoms with Crippen LogP contribution in [0.1, 0.15) is 59.4 Å². The van der Waals surface area contributed by atoms with Gasteiger partial charge in [0.05, 0.1) is 14.2 Å². The number of hydrogen-bond acceptors (Lipinski definition) is 5. The van der Waals surface area contributed by atoms with Gasteiger partial charge in [0.2, 0.25) is 5.91 Å². The first kappa shape index (κ1) is 24.0. The Balaban J connectivity index is 2.26. The molecule has 6 nitrogen and oxygen atoms in total. The van der Waals surface area contributed by atoms with Crippen LogP contribution < -0.4 is 14.8 Å². The van der Waals surface area contributed by atoms with E-state index in [2.05, 4.69) is 26.1 Å². The third-order valence-electron chi connectivity index (χ3n) is 6.13. The predicted molar refractivity (Wildman–Crippen MR) is 117 cm³/mol. The van der Waals surface area contributed by atoms with Gasteiger partial charge in [0.25, 0.3) is 0 Å². The van der Waals surface area contributed by atoms with E-state index in [0.717, 1.165) is 24.8 Å². The van der Waals surface area contributed by atoms with E-state index in [9.17, 15) is 9.59 Å². The third-order valence-corrected chi connectivity index (χ3v) is 6.13. The van der Waals surface area contributed by atoms with Crippen LogP contribution in [-0.4, -0.2) is 37.7 Å². The predicted octanol–water partition coefficient (Wildman–Crippen LogP) is 4.15. The molecular weight excluding hydrogens is 382 g/mol. The fraction of sp³-hybridized carbons (Fsp3) is 0.667. The van der Waals surface area contributed by atoms with E-state index >= 15 is 0 Å². The summed E-state index contributed by atoms with van der Waals surface area (Å²) >= 11 is 0. The highest BCUT2D eigenvalue weighted by Gasteiger charge is 2.41. The fourth-order valence-corrected chi connectivity index (χ4v) is 4.47. The number of carbonyl (C=O) groups is 2. The fourth-order valence-electron chi connectivity index (χ4n) is 4.47. The smallest absolute Gasteiger partial charge is 0.332 e. The second-order valence-corrected chi connectivity index (χ2v) is 9.15. The Hall–Kier alpha value is -2.24. The van der Waals surface area contributed by atoms with Gasteiger partial charge < -0.3 is 19.5 Å². The molecule has 1 fully saturated rings. The highest BCUT2D eigenvalue weighted by molar-refractivity contribution is 5.87. The van der Waals surface area contributed by atoms with Crippen molar-refractivity contribution in [1.29, 1.82) is 0 Å². The Labute approximate surface area is 180 Å². The molecule has 0 aromatic heterocycles. The zero-order chi connectivity index (χ0) is 22.5. The van der Waals surface area contributed by atoms with Gasteiger partial charge in [0.15, 0.2) is 11.5 Å². The summed E-state index contributed by atoms with van der Waals surface area (Å²) in [5.41, 5.74) is -0.327. The highest BCUT2D eigenvalue weighted by Crippen LogP contribution is 2.36. The van der Waals surface area contributed by atoms with Crippen molar-refractivity contribution in [2.24, 2.45) is 17.8 Å². The lowest BCUT2D eigenvalue weighted by molar-refractivity contribution is -0.164. The summed E-state index contributed by atoms with van der Waals surface area (Å²) in [5, 5.41) is 2.83. The average Bonchev–Trinajstić information content (AvgIpc) is 2.66. The molecule has 1 aromatic rings. The van der Waals surface area contributed by atoms with Crippen molar-refractivity contribution in [2.75, 3.05) is 14.2 Å². The van der Waals surface area contributed by atoms with Crippen LogP contribution in [0.25, 0.3) is 0 Å². The van der Waals surface area contributed by atoms with Gasteiger partial charge in [-0.1, -0.05) is 33.3 Å². The Morgan fingerprint density at radius 1 is 1.17 bits per heavy atom. The van der Waals surface area contributed by atoms with Gasteiger partial charge >= 0.3 is 5.97 Å². The van der Waals surface area contributed by atoms with E-state index < -0.39 is 11.5 Å². The normalized spacial score (nSPS) is 23.4. The lowest BCUT2D eigenvalue weighted by Gasteiger charge is -2.39. The quantitative estimate of drug-likeness (QED) is 0.641. The molecule has 0 radical (unpaired) electrons. The first-order chi connectivity index (χ1) is 14.1. The maximum atomic E-state index is 13.3. The van der Waals surface area contributed by atoms with E-state index in [1.54, 1.807) is 27.2 Å². The topological polar surface area (TPSA) is 73.9 Å². The number of ether oxygens (including phenoxy) is 3. The number of methoxy groups -OCH3 is 2. The summed E-state index contributed by atoms with van der Waals surface area (Å²) in [6, 6.07) is 5.49. The Morgan fingerprint density at radius 3 is 2.40 bits per heavy atom. The zero-order valence-corrected chi connectivity index (χ0v) is 19.4. The molecule has 0 spiro atoms. The molecule has 0 heterocycles. The van der Waals surface area contributed by atoms with E-state index in [-0.39, 0.29) is 12.0 Å². The SMILES string of the molecule is COc1ccc(C[C@](C)(NC(C)=O)C(=O)OC2CC(C)CCC2C(C)C)cc1OC. The van der Waals surface area contributed by atoms with Crippen molar-refractivity contribution in [2.45, 2.75) is 71.9 Å². The molecule has 1 amide bonds. The zero-order valence-electron chi connectivity index (χ0n) is 19.4. The minimum atomic E-state index is -1.17. The number of nitrogens with one attached hydrogen (secondary N) is 1. The van der Waals surface area contributed by atoms with Crippen LogP contribution in [0.5, 0.6) is 11.5 Å². The van der Waals surface area contributed by atoms with Gasteiger partial charge in [-0.05, 0) is 55.2 Å². The Bertz CT molecular complexity index is 747. The maximum absolute atomic E-state index is 13.3. The van der Waals surface area contributed by atoms with Gasteiger partial charge in [-0.25, -0.2) is 4.79 Å². The van der Waals surface area contributed by atoms with Gasteiger partial charge in [-0.3, -0.25) is 4.79 Å². The summed E-state index contributed by atoms with van der Waals surface area (Å²) in [7, 11) is 3.14. The molecule has 0 bridgehead atoms. The van der Waals surface area contributed by atoms with Gasteiger partial charge in [0.1, 0.15) is 11.6 Å². The summed E-state index contributed by atoms with van der Waals surface area (Å²) in [5.74, 6) is 1.83. The Morgan fingerprint density at radius 2 is 1.83 bits per heavy atom. The Kier molecular flexibility index (Phi) is 8.16. The minimum Gasteiger partial charge on any atom is -0.493 e. The van der Waals surface area contributed by atoms with Crippen LogP contribution >= 0.6 is 0 Å². The number of hydrogen-bond donors (Lipinski definition) is 1. The maximum Gasteiger partial charge on any atom is 0.332 e. The lowest BCUT2D eigenvalue weighted by atomic mass is 9.75. The van der Waals surface area contributed by atoms with Crippen molar-refractivity contribution < 1.29 is 23.8 Å². The standard InChI is InChI=1S/C24H37NO5/c1-15(2)19-10-8-16(3)12-21(19)30-23(27)24(5,25-17(4)26)14-18-9-11-20(28-6)22(13-18)29-7/h9,11,13,15-16,19,21H,8,10,12,14H2,1-7H3,(H,25,26)/t16?,19?,21?,24-/m0/s1. The van der Waals surface area contributed by atoms with Crippen LogP contribution in [0.2, 0.25) is 0 Å². The largest absolute Gasteiger partial charge is 0.493 e. The molecule has 6 heteroatoms. The van der Waals surface area contributed by atoms with Crippen LogP contribution in [0.4, 0.5) is 0 Å². The molecule has 1 aromatic carbocycles. The van der Waals surface area contributed by atoms with Crippen molar-refractivity contribution in [3.63, 3.8) is 0 Å². The second-order valence-electron chi connectivity index (χ2n) is 9.15. The number of carbonyl (C=O) groups excluding carboxylic acids is 2. The monoisotopic (exact) mass is 419 g/mol. The molecule has 3 unspecified atom stereocenters. The number of benzene rings is 1. The summed E-state index contributed by atoms with van der Waals surface area (Å²) in [4.78, 5) is 25.3. The molecule has 1 saturated carbocycles. The second kappa shape index (κ2) is 10.2.